The molecule has 0 saturated carbocycles. The lowest BCUT2D eigenvalue weighted by atomic mass is 9.85. The van der Waals surface area contributed by atoms with Crippen molar-refractivity contribution in [3.05, 3.63) is 53.1 Å². The SMILES string of the molecule is COc1cc2c(cc1C1c3ccccc3CC1C(=O)O)OCO2. The maximum absolute atomic E-state index is 11.8. The number of carbonyl (C=O) groups is 1. The van der Waals surface area contributed by atoms with Crippen LogP contribution in [0.2, 0.25) is 0 Å². The molecule has 0 radical (unpaired) electrons. The summed E-state index contributed by atoms with van der Waals surface area (Å²) < 4.78 is 16.3. The fourth-order valence-corrected chi connectivity index (χ4v) is 3.57. The minimum Gasteiger partial charge on any atom is -0.496 e. The molecule has 0 bridgehead atoms. The zero-order valence-electron chi connectivity index (χ0n) is 12.6. The Hall–Kier alpha value is -2.69. The second kappa shape index (κ2) is 5.19. The van der Waals surface area contributed by atoms with Gasteiger partial charge >= 0.3 is 5.97 Å². The van der Waals surface area contributed by atoms with E-state index in [1.807, 2.05) is 30.3 Å². The molecule has 1 heterocycles. The molecule has 1 aliphatic heterocycles. The smallest absolute Gasteiger partial charge is 0.307 e. The van der Waals surface area contributed by atoms with Crippen molar-refractivity contribution >= 4 is 5.97 Å². The van der Waals surface area contributed by atoms with Gasteiger partial charge in [0, 0.05) is 17.5 Å². The average Bonchev–Trinajstić information content (AvgIpc) is 3.16. The zero-order chi connectivity index (χ0) is 16.0. The fourth-order valence-electron chi connectivity index (χ4n) is 3.57. The normalized spacial score (nSPS) is 21.1. The second-order valence-corrected chi connectivity index (χ2v) is 5.77. The first-order chi connectivity index (χ1) is 11.2. The first-order valence-electron chi connectivity index (χ1n) is 7.47. The summed E-state index contributed by atoms with van der Waals surface area (Å²) >= 11 is 0. The van der Waals surface area contributed by atoms with Crippen molar-refractivity contribution in [3.63, 3.8) is 0 Å². The van der Waals surface area contributed by atoms with E-state index >= 15 is 0 Å². The van der Waals surface area contributed by atoms with Crippen LogP contribution >= 0.6 is 0 Å². The Bertz CT molecular complexity index is 783. The van der Waals surface area contributed by atoms with Gasteiger partial charge in [0.15, 0.2) is 11.5 Å². The lowest BCUT2D eigenvalue weighted by molar-refractivity contribution is -0.141. The maximum atomic E-state index is 11.8. The van der Waals surface area contributed by atoms with Crippen LogP contribution in [0.5, 0.6) is 17.2 Å². The molecule has 0 aromatic heterocycles. The van der Waals surface area contributed by atoms with Gasteiger partial charge in [0.05, 0.1) is 13.0 Å². The van der Waals surface area contributed by atoms with Crippen LogP contribution in [0.4, 0.5) is 0 Å². The predicted octanol–water partition coefficient (Wildman–Crippen LogP) is 2.81. The summed E-state index contributed by atoms with van der Waals surface area (Å²) in [5, 5.41) is 9.68. The van der Waals surface area contributed by atoms with Crippen LogP contribution in [0.25, 0.3) is 0 Å². The second-order valence-electron chi connectivity index (χ2n) is 5.77. The Morgan fingerprint density at radius 3 is 2.65 bits per heavy atom. The third kappa shape index (κ3) is 2.11. The molecule has 0 spiro atoms. The summed E-state index contributed by atoms with van der Waals surface area (Å²) in [6, 6.07) is 11.5. The van der Waals surface area contributed by atoms with Gasteiger partial charge in [0.25, 0.3) is 0 Å². The highest BCUT2D eigenvalue weighted by Crippen LogP contribution is 2.49. The highest BCUT2D eigenvalue weighted by atomic mass is 16.7. The number of hydrogen-bond acceptors (Lipinski definition) is 4. The van der Waals surface area contributed by atoms with E-state index < -0.39 is 11.9 Å². The minimum absolute atomic E-state index is 0.172. The predicted molar refractivity (Wildman–Crippen MR) is 82.2 cm³/mol. The number of hydrogen-bond donors (Lipinski definition) is 1. The van der Waals surface area contributed by atoms with Crippen molar-refractivity contribution in [1.29, 1.82) is 0 Å². The van der Waals surface area contributed by atoms with E-state index in [0.29, 0.717) is 23.7 Å². The van der Waals surface area contributed by atoms with Crippen LogP contribution in [-0.4, -0.2) is 25.0 Å². The molecule has 0 saturated heterocycles. The topological polar surface area (TPSA) is 65.0 Å². The Kier molecular flexibility index (Phi) is 3.15. The van der Waals surface area contributed by atoms with Gasteiger partial charge in [-0.15, -0.1) is 0 Å². The molecule has 2 atom stereocenters. The lowest BCUT2D eigenvalue weighted by Crippen LogP contribution is -2.20. The number of methoxy groups -OCH3 is 1. The fraction of sp³-hybridized carbons (Fsp3) is 0.278. The highest BCUT2D eigenvalue weighted by molar-refractivity contribution is 5.75. The van der Waals surface area contributed by atoms with Crippen LogP contribution in [0.1, 0.15) is 22.6 Å². The van der Waals surface area contributed by atoms with Gasteiger partial charge in [0.2, 0.25) is 6.79 Å². The number of benzene rings is 2. The van der Waals surface area contributed by atoms with Crippen LogP contribution in [0.3, 0.4) is 0 Å². The molecule has 4 rings (SSSR count). The summed E-state index contributed by atoms with van der Waals surface area (Å²) in [7, 11) is 1.58. The molecule has 2 unspecified atom stereocenters. The third-order valence-corrected chi connectivity index (χ3v) is 4.61. The number of carboxylic acid groups (broad SMARTS) is 1. The molecule has 2 aromatic carbocycles. The molecule has 5 heteroatoms. The van der Waals surface area contributed by atoms with Crippen molar-refractivity contribution < 1.29 is 24.1 Å². The standard InChI is InChI=1S/C18H16O5/c1-21-14-8-16-15(22-9-23-16)7-12(14)17-11-5-3-2-4-10(11)6-13(17)18(19)20/h2-5,7-8,13,17H,6,9H2,1H3,(H,19,20). The molecule has 2 aliphatic rings. The lowest BCUT2D eigenvalue weighted by Gasteiger charge is -2.20. The van der Waals surface area contributed by atoms with Gasteiger partial charge < -0.3 is 19.3 Å². The Labute approximate surface area is 133 Å². The van der Waals surface area contributed by atoms with Crippen LogP contribution < -0.4 is 14.2 Å². The van der Waals surface area contributed by atoms with Gasteiger partial charge in [-0.25, -0.2) is 0 Å². The molecule has 23 heavy (non-hydrogen) atoms. The Balaban J connectivity index is 1.89. The Morgan fingerprint density at radius 2 is 1.91 bits per heavy atom. The van der Waals surface area contributed by atoms with Crippen molar-refractivity contribution in [3.8, 4) is 17.2 Å². The molecule has 118 valence electrons. The highest BCUT2D eigenvalue weighted by Gasteiger charge is 2.40. The number of fused-ring (bicyclic) bond motifs is 2. The van der Waals surface area contributed by atoms with E-state index in [1.165, 1.54) is 0 Å². The summed E-state index contributed by atoms with van der Waals surface area (Å²) in [4.78, 5) is 11.8. The van der Waals surface area contributed by atoms with Crippen molar-refractivity contribution in [1.82, 2.24) is 0 Å². The van der Waals surface area contributed by atoms with Crippen molar-refractivity contribution in [2.24, 2.45) is 5.92 Å². The van der Waals surface area contributed by atoms with E-state index in [9.17, 15) is 9.90 Å². The molecule has 0 fully saturated rings. The van der Waals surface area contributed by atoms with Gasteiger partial charge in [0.1, 0.15) is 5.75 Å². The van der Waals surface area contributed by atoms with Crippen molar-refractivity contribution in [2.75, 3.05) is 13.9 Å². The van der Waals surface area contributed by atoms with Gasteiger partial charge in [-0.05, 0) is 23.6 Å². The maximum Gasteiger partial charge on any atom is 0.307 e. The molecule has 1 N–H and O–H groups in total. The molecular formula is C18H16O5. The van der Waals surface area contributed by atoms with Gasteiger partial charge in [-0.3, -0.25) is 4.79 Å². The molecular weight excluding hydrogens is 296 g/mol. The van der Waals surface area contributed by atoms with E-state index in [0.717, 1.165) is 16.7 Å². The van der Waals surface area contributed by atoms with E-state index in [-0.39, 0.29) is 12.7 Å². The number of aliphatic carboxylic acids is 1. The molecule has 0 amide bonds. The number of ether oxygens (including phenoxy) is 3. The van der Waals surface area contributed by atoms with Gasteiger partial charge in [-0.1, -0.05) is 24.3 Å². The summed E-state index contributed by atoms with van der Waals surface area (Å²) in [5.74, 6) is 0.320. The monoisotopic (exact) mass is 312 g/mol. The van der Waals surface area contributed by atoms with Gasteiger partial charge in [-0.2, -0.15) is 0 Å². The largest absolute Gasteiger partial charge is 0.496 e. The molecule has 1 aliphatic carbocycles. The third-order valence-electron chi connectivity index (χ3n) is 4.61. The summed E-state index contributed by atoms with van der Waals surface area (Å²) in [6.07, 6.45) is 0.522. The number of rotatable bonds is 3. The first kappa shape index (κ1) is 13.9. The molecule has 5 nitrogen and oxygen atoms in total. The number of carboxylic acids is 1. The Morgan fingerprint density at radius 1 is 1.17 bits per heavy atom. The van der Waals surface area contributed by atoms with E-state index in [4.69, 9.17) is 14.2 Å². The van der Waals surface area contributed by atoms with Crippen molar-refractivity contribution in [2.45, 2.75) is 12.3 Å². The summed E-state index contributed by atoms with van der Waals surface area (Å²) in [6.45, 7) is 0.172. The van der Waals surface area contributed by atoms with Crippen LogP contribution in [0.15, 0.2) is 36.4 Å². The first-order valence-corrected chi connectivity index (χ1v) is 7.47. The van der Waals surface area contributed by atoms with Crippen LogP contribution in [-0.2, 0) is 11.2 Å². The molecule has 2 aromatic rings. The zero-order valence-corrected chi connectivity index (χ0v) is 12.6. The average molecular weight is 312 g/mol. The van der Waals surface area contributed by atoms with E-state index in [1.54, 1.807) is 13.2 Å². The quantitative estimate of drug-likeness (QED) is 0.944. The van der Waals surface area contributed by atoms with Crippen LogP contribution in [0, 0.1) is 5.92 Å². The summed E-state index contributed by atoms with van der Waals surface area (Å²) in [5.41, 5.74) is 2.94. The minimum atomic E-state index is -0.800. The van der Waals surface area contributed by atoms with E-state index in [2.05, 4.69) is 0 Å².